The molecule has 0 aromatic heterocycles. The number of rotatable bonds is 2. The molecule has 1 aliphatic heterocycles. The molecule has 0 saturated carbocycles. The Morgan fingerprint density at radius 3 is 2.38 bits per heavy atom. The van der Waals surface area contributed by atoms with Gasteiger partial charge in [-0.1, -0.05) is 22.6 Å². The average molecular weight is 341 g/mol. The van der Waals surface area contributed by atoms with E-state index < -0.39 is 5.60 Å². The Kier molecular flexibility index (Phi) is 5.30. The van der Waals surface area contributed by atoms with Crippen LogP contribution in [0.5, 0.6) is 0 Å². The van der Waals surface area contributed by atoms with E-state index in [1.165, 1.54) is 0 Å². The summed E-state index contributed by atoms with van der Waals surface area (Å²) in [5.41, 5.74) is -0.410. The van der Waals surface area contributed by atoms with Crippen LogP contribution in [0.1, 0.15) is 33.6 Å². The third-order valence-corrected chi connectivity index (χ3v) is 2.75. The van der Waals surface area contributed by atoms with E-state index in [9.17, 15) is 4.79 Å². The molecule has 0 spiro atoms. The first-order valence-electron chi connectivity index (χ1n) is 5.58. The molecule has 0 aromatic carbocycles. The van der Waals surface area contributed by atoms with Gasteiger partial charge in [0.25, 0.3) is 0 Å². The zero-order valence-electron chi connectivity index (χ0n) is 10.2. The average Bonchev–Trinajstić information content (AvgIpc) is 2.16. The first-order valence-corrected chi connectivity index (χ1v) is 7.10. The quantitative estimate of drug-likeness (QED) is 0.573. The molecule has 1 fully saturated rings. The zero-order valence-corrected chi connectivity index (χ0v) is 12.3. The summed E-state index contributed by atoms with van der Waals surface area (Å²) >= 11 is 2.20. The van der Waals surface area contributed by atoms with Gasteiger partial charge in [0.15, 0.2) is 0 Å². The normalized spacial score (nSPS) is 18.6. The van der Waals surface area contributed by atoms with Gasteiger partial charge in [-0.15, -0.1) is 0 Å². The van der Waals surface area contributed by atoms with Crippen molar-refractivity contribution in [2.45, 2.75) is 45.3 Å². The number of hydrogen-bond acceptors (Lipinski definition) is 3. The van der Waals surface area contributed by atoms with Crippen molar-refractivity contribution in [3.8, 4) is 0 Å². The van der Waals surface area contributed by atoms with E-state index in [4.69, 9.17) is 9.47 Å². The van der Waals surface area contributed by atoms with Crippen molar-refractivity contribution >= 4 is 28.7 Å². The van der Waals surface area contributed by atoms with Crippen LogP contribution in [-0.4, -0.2) is 40.4 Å². The summed E-state index contributed by atoms with van der Waals surface area (Å²) in [5.74, 6) is 0. The van der Waals surface area contributed by atoms with E-state index in [0.717, 1.165) is 30.5 Å². The van der Waals surface area contributed by atoms with Gasteiger partial charge in [-0.2, -0.15) is 0 Å². The smallest absolute Gasteiger partial charge is 0.410 e. The van der Waals surface area contributed by atoms with Crippen LogP contribution in [0.15, 0.2) is 0 Å². The number of piperidine rings is 1. The van der Waals surface area contributed by atoms with Gasteiger partial charge >= 0.3 is 6.09 Å². The van der Waals surface area contributed by atoms with Gasteiger partial charge in [0.05, 0.1) is 10.7 Å². The van der Waals surface area contributed by atoms with Crippen LogP contribution in [0.2, 0.25) is 0 Å². The Labute approximate surface area is 111 Å². The largest absolute Gasteiger partial charge is 0.444 e. The van der Waals surface area contributed by atoms with E-state index in [1.807, 2.05) is 20.8 Å². The maximum Gasteiger partial charge on any atom is 0.410 e. The molecule has 0 N–H and O–H groups in total. The highest BCUT2D eigenvalue weighted by molar-refractivity contribution is 14.1. The number of carbonyl (C=O) groups excluding carboxylic acids is 1. The number of likely N-dealkylation sites (tertiary alicyclic amines) is 1. The lowest BCUT2D eigenvalue weighted by molar-refractivity contribution is 0.000532. The molecule has 0 aliphatic carbocycles. The lowest BCUT2D eigenvalue weighted by Crippen LogP contribution is -2.43. The predicted octanol–water partition coefficient (Wildman–Crippen LogP) is 2.80. The minimum atomic E-state index is -0.410. The summed E-state index contributed by atoms with van der Waals surface area (Å²) in [5, 5.41) is 0. The van der Waals surface area contributed by atoms with Crippen molar-refractivity contribution in [3.63, 3.8) is 0 Å². The number of amides is 1. The molecule has 16 heavy (non-hydrogen) atoms. The van der Waals surface area contributed by atoms with Crippen molar-refractivity contribution < 1.29 is 14.3 Å². The van der Waals surface area contributed by atoms with Crippen LogP contribution in [0.3, 0.4) is 0 Å². The van der Waals surface area contributed by atoms with Crippen LogP contribution in [0.25, 0.3) is 0 Å². The zero-order chi connectivity index (χ0) is 12.2. The van der Waals surface area contributed by atoms with E-state index >= 15 is 0 Å². The van der Waals surface area contributed by atoms with E-state index in [-0.39, 0.29) is 6.09 Å². The summed E-state index contributed by atoms with van der Waals surface area (Å²) in [6.45, 7) is 7.12. The molecule has 1 amide bonds. The van der Waals surface area contributed by atoms with Gasteiger partial charge in [-0.3, -0.25) is 0 Å². The Morgan fingerprint density at radius 1 is 1.38 bits per heavy atom. The second-order valence-electron chi connectivity index (χ2n) is 4.94. The molecule has 5 heteroatoms. The molecule has 94 valence electrons. The summed E-state index contributed by atoms with van der Waals surface area (Å²) in [6, 6.07) is 0. The maximum atomic E-state index is 11.7. The minimum absolute atomic E-state index is 0.208. The SMILES string of the molecule is CC(C)(C)OC(=O)N1CCC(OCI)CC1. The third-order valence-electron chi connectivity index (χ3n) is 2.39. The van der Waals surface area contributed by atoms with Gasteiger partial charge in [-0.05, 0) is 33.6 Å². The van der Waals surface area contributed by atoms with Crippen molar-refractivity contribution in [2.75, 3.05) is 17.7 Å². The second kappa shape index (κ2) is 6.05. The van der Waals surface area contributed by atoms with Gasteiger partial charge in [0.2, 0.25) is 0 Å². The molecular weight excluding hydrogens is 321 g/mol. The second-order valence-corrected chi connectivity index (χ2v) is 5.57. The fourth-order valence-corrected chi connectivity index (χ4v) is 2.13. The molecule has 1 saturated heterocycles. The molecule has 0 atom stereocenters. The van der Waals surface area contributed by atoms with Gasteiger partial charge in [-0.25, -0.2) is 4.79 Å². The Morgan fingerprint density at radius 2 is 1.94 bits per heavy atom. The van der Waals surface area contributed by atoms with Gasteiger partial charge in [0.1, 0.15) is 5.60 Å². The van der Waals surface area contributed by atoms with Crippen molar-refractivity contribution in [2.24, 2.45) is 0 Å². The number of ether oxygens (including phenoxy) is 2. The molecular formula is C11H20INO3. The lowest BCUT2D eigenvalue weighted by atomic mass is 10.1. The molecule has 1 rings (SSSR count). The van der Waals surface area contributed by atoms with E-state index in [2.05, 4.69) is 22.6 Å². The fraction of sp³-hybridized carbons (Fsp3) is 0.909. The number of alkyl halides is 1. The number of halogens is 1. The van der Waals surface area contributed by atoms with Crippen molar-refractivity contribution in [3.05, 3.63) is 0 Å². The maximum absolute atomic E-state index is 11.7. The first-order chi connectivity index (χ1) is 7.42. The van der Waals surface area contributed by atoms with Gasteiger partial charge < -0.3 is 14.4 Å². The first kappa shape index (κ1) is 14.0. The fourth-order valence-electron chi connectivity index (χ4n) is 1.62. The number of nitrogens with zero attached hydrogens (tertiary/aromatic N) is 1. The summed E-state index contributed by atoms with van der Waals surface area (Å²) in [6.07, 6.45) is 1.90. The molecule has 1 aliphatic rings. The van der Waals surface area contributed by atoms with Crippen LogP contribution >= 0.6 is 22.6 Å². The molecule has 0 bridgehead atoms. The molecule has 4 nitrogen and oxygen atoms in total. The highest BCUT2D eigenvalue weighted by atomic mass is 127. The van der Waals surface area contributed by atoms with Crippen LogP contribution in [0.4, 0.5) is 4.79 Å². The number of hydrogen-bond donors (Lipinski definition) is 0. The highest BCUT2D eigenvalue weighted by Crippen LogP contribution is 2.17. The Balaban J connectivity index is 2.33. The molecule has 1 heterocycles. The summed E-state index contributed by atoms with van der Waals surface area (Å²) in [4.78, 5) is 13.5. The van der Waals surface area contributed by atoms with Crippen LogP contribution in [0, 0.1) is 0 Å². The Bertz CT molecular complexity index is 232. The lowest BCUT2D eigenvalue weighted by Gasteiger charge is -2.33. The third kappa shape index (κ3) is 4.86. The van der Waals surface area contributed by atoms with Crippen molar-refractivity contribution in [1.82, 2.24) is 4.90 Å². The summed E-state index contributed by atoms with van der Waals surface area (Å²) < 4.78 is 11.6. The van der Waals surface area contributed by atoms with Crippen molar-refractivity contribution in [1.29, 1.82) is 0 Å². The monoisotopic (exact) mass is 341 g/mol. The molecule has 0 radical (unpaired) electrons. The standard InChI is InChI=1S/C11H20INO3/c1-11(2,3)16-10(14)13-6-4-9(5-7-13)15-8-12/h9H,4-8H2,1-3H3. The van der Waals surface area contributed by atoms with Crippen LogP contribution < -0.4 is 0 Å². The van der Waals surface area contributed by atoms with Gasteiger partial charge in [0, 0.05) is 13.1 Å². The van der Waals surface area contributed by atoms with E-state index in [0.29, 0.717) is 6.10 Å². The topological polar surface area (TPSA) is 38.8 Å². The highest BCUT2D eigenvalue weighted by Gasteiger charge is 2.26. The Hall–Kier alpha value is -0.0400. The predicted molar refractivity (Wildman–Crippen MR) is 70.8 cm³/mol. The van der Waals surface area contributed by atoms with Crippen LogP contribution in [-0.2, 0) is 9.47 Å². The molecule has 0 unspecified atom stereocenters. The summed E-state index contributed by atoms with van der Waals surface area (Å²) in [7, 11) is 0. The minimum Gasteiger partial charge on any atom is -0.444 e. The van der Waals surface area contributed by atoms with E-state index in [1.54, 1.807) is 4.90 Å². The number of carbonyl (C=O) groups is 1. The molecule has 0 aromatic rings.